The fourth-order valence-electron chi connectivity index (χ4n) is 1.14. The number of anilines is 1. The predicted octanol–water partition coefficient (Wildman–Crippen LogP) is 0.157. The van der Waals surface area contributed by atoms with E-state index < -0.39 is 43.5 Å². The molecule has 1 rings (SSSR count). The highest BCUT2D eigenvalue weighted by atomic mass is 32.2. The van der Waals surface area contributed by atoms with Gasteiger partial charge in [-0.1, -0.05) is 0 Å². The minimum Gasteiger partial charge on any atom is -0.363 e. The summed E-state index contributed by atoms with van der Waals surface area (Å²) in [6.07, 6.45) is -3.28. The molecule has 0 bridgehead atoms. The van der Waals surface area contributed by atoms with Gasteiger partial charge in [0.05, 0.1) is 5.56 Å². The molecule has 0 radical (unpaired) electrons. The van der Waals surface area contributed by atoms with Gasteiger partial charge in [-0.15, -0.1) is 0 Å². The number of sulfonamides is 1. The van der Waals surface area contributed by atoms with Crippen LogP contribution in [0.5, 0.6) is 0 Å². The van der Waals surface area contributed by atoms with E-state index in [0.717, 1.165) is 0 Å². The lowest BCUT2D eigenvalue weighted by molar-refractivity contribution is -0.392. The minimum absolute atomic E-state index is 0.525. The number of nitrogens with two attached hydrogens (primary N) is 2. The number of hydrogen-bond acceptors (Lipinski definition) is 6. The quantitative estimate of drug-likeness (QED) is 0.590. The van der Waals surface area contributed by atoms with Gasteiger partial charge in [0, 0.05) is 6.07 Å². The van der Waals surface area contributed by atoms with Crippen LogP contribution in [0.3, 0.4) is 0 Å². The summed E-state index contributed by atoms with van der Waals surface area (Å²) < 4.78 is 47.2. The Balaban J connectivity index is 3.79. The van der Waals surface area contributed by atoms with Crippen molar-refractivity contribution in [2.45, 2.75) is 11.3 Å². The van der Waals surface area contributed by atoms with Gasteiger partial charge in [-0.3, -0.25) is 0 Å². The highest BCUT2D eigenvalue weighted by Crippen LogP contribution is 2.32. The van der Waals surface area contributed by atoms with Crippen LogP contribution in [0.2, 0.25) is 0 Å². The summed E-state index contributed by atoms with van der Waals surface area (Å²) in [5.74, 6) is -1.91. The van der Waals surface area contributed by atoms with E-state index in [0.29, 0.717) is 6.07 Å². The molecule has 0 unspecified atom stereocenters. The van der Waals surface area contributed by atoms with Crippen LogP contribution in [0.4, 0.5) is 20.4 Å². The number of hydrogen-bond donors (Lipinski definition) is 2. The molecule has 0 aromatic carbocycles. The third kappa shape index (κ3) is 2.62. The van der Waals surface area contributed by atoms with Crippen molar-refractivity contribution in [1.82, 2.24) is 4.98 Å². The maximum absolute atomic E-state index is 12.6. The first kappa shape index (κ1) is 13.2. The van der Waals surface area contributed by atoms with Crippen molar-refractivity contribution in [3.05, 3.63) is 21.7 Å². The zero-order chi connectivity index (χ0) is 13.4. The third-order valence-electron chi connectivity index (χ3n) is 1.70. The maximum Gasteiger partial charge on any atom is 0.386 e. The molecule has 0 atom stereocenters. The van der Waals surface area contributed by atoms with Gasteiger partial charge >= 0.3 is 5.82 Å². The highest BCUT2D eigenvalue weighted by molar-refractivity contribution is 7.89. The van der Waals surface area contributed by atoms with Gasteiger partial charge in [-0.05, 0) is 9.91 Å². The first-order valence-corrected chi connectivity index (χ1v) is 5.45. The number of nitrogen functional groups attached to an aromatic ring is 1. The zero-order valence-electron chi connectivity index (χ0n) is 8.00. The smallest absolute Gasteiger partial charge is 0.363 e. The predicted molar refractivity (Wildman–Crippen MR) is 51.6 cm³/mol. The summed E-state index contributed by atoms with van der Waals surface area (Å²) in [6.45, 7) is 0. The topological polar surface area (TPSA) is 142 Å². The van der Waals surface area contributed by atoms with Crippen molar-refractivity contribution in [2.75, 3.05) is 5.73 Å². The molecule has 94 valence electrons. The molecular weight excluding hydrogens is 262 g/mol. The Labute approximate surface area is 93.4 Å². The Morgan fingerprint density at radius 1 is 1.47 bits per heavy atom. The number of halogens is 2. The lowest BCUT2D eigenvalue weighted by Gasteiger charge is -2.06. The van der Waals surface area contributed by atoms with E-state index in [9.17, 15) is 27.3 Å². The first-order chi connectivity index (χ1) is 7.64. The Morgan fingerprint density at radius 3 is 2.35 bits per heavy atom. The summed E-state index contributed by atoms with van der Waals surface area (Å²) in [5, 5.41) is 15.2. The van der Waals surface area contributed by atoms with Gasteiger partial charge in [-0.2, -0.15) is 0 Å². The summed E-state index contributed by atoms with van der Waals surface area (Å²) in [5.41, 5.74) is 3.92. The summed E-state index contributed by atoms with van der Waals surface area (Å²) in [7, 11) is -4.71. The lowest BCUT2D eigenvalue weighted by Crippen LogP contribution is -2.18. The molecule has 0 fully saturated rings. The van der Waals surface area contributed by atoms with Crippen LogP contribution in [0, 0.1) is 10.1 Å². The van der Waals surface area contributed by atoms with Crippen molar-refractivity contribution in [2.24, 2.45) is 5.14 Å². The number of alkyl halides is 2. The number of aromatic nitrogens is 1. The Kier molecular flexibility index (Phi) is 3.24. The standard InChI is InChI=1S/C6H6F2N4O4S/c7-5(8)2-1-3(9)11-6(12(13)14)4(2)17(10,15)16/h1,5H,(H2,9,11)(H2,10,15,16). The second-order valence-electron chi connectivity index (χ2n) is 2.89. The molecule has 0 aliphatic rings. The van der Waals surface area contributed by atoms with Crippen LogP contribution in [0.15, 0.2) is 11.0 Å². The van der Waals surface area contributed by atoms with E-state index in [-0.39, 0.29) is 0 Å². The molecule has 8 nitrogen and oxygen atoms in total. The number of nitro groups is 1. The molecule has 0 amide bonds. The normalized spacial score (nSPS) is 11.8. The van der Waals surface area contributed by atoms with E-state index in [4.69, 9.17) is 5.73 Å². The van der Waals surface area contributed by atoms with Gasteiger partial charge in [-0.25, -0.2) is 22.3 Å². The molecule has 4 N–H and O–H groups in total. The van der Waals surface area contributed by atoms with Crippen LogP contribution in [-0.2, 0) is 10.0 Å². The first-order valence-electron chi connectivity index (χ1n) is 3.90. The van der Waals surface area contributed by atoms with E-state index in [1.54, 1.807) is 0 Å². The summed E-state index contributed by atoms with van der Waals surface area (Å²) >= 11 is 0. The second-order valence-corrected chi connectivity index (χ2v) is 4.39. The Morgan fingerprint density at radius 2 is 2.00 bits per heavy atom. The maximum atomic E-state index is 12.6. The van der Waals surface area contributed by atoms with Crippen molar-refractivity contribution >= 4 is 21.7 Å². The molecule has 1 heterocycles. The monoisotopic (exact) mass is 268 g/mol. The molecule has 1 aromatic heterocycles. The fraction of sp³-hybridized carbons (Fsp3) is 0.167. The molecule has 1 aromatic rings. The summed E-state index contributed by atoms with van der Waals surface area (Å²) in [4.78, 5) is 11.0. The average molecular weight is 268 g/mol. The average Bonchev–Trinajstić information content (AvgIpc) is 2.14. The van der Waals surface area contributed by atoms with E-state index >= 15 is 0 Å². The Bertz CT molecular complexity index is 574. The molecule has 0 aliphatic heterocycles. The van der Waals surface area contributed by atoms with Gasteiger partial charge in [0.1, 0.15) is 0 Å². The third-order valence-corrected chi connectivity index (χ3v) is 2.68. The van der Waals surface area contributed by atoms with Crippen molar-refractivity contribution in [3.63, 3.8) is 0 Å². The molecule has 0 saturated heterocycles. The number of rotatable bonds is 3. The largest absolute Gasteiger partial charge is 0.386 e. The van der Waals surface area contributed by atoms with Gasteiger partial charge in [0.25, 0.3) is 6.43 Å². The number of pyridine rings is 1. The van der Waals surface area contributed by atoms with Gasteiger partial charge in [0.15, 0.2) is 4.90 Å². The van der Waals surface area contributed by atoms with Crippen molar-refractivity contribution < 1.29 is 22.1 Å². The molecule has 0 saturated carbocycles. The summed E-state index contributed by atoms with van der Waals surface area (Å²) in [6, 6.07) is 0.525. The molecular formula is C6H6F2N4O4S. The molecule has 0 spiro atoms. The molecule has 0 aliphatic carbocycles. The molecule has 17 heavy (non-hydrogen) atoms. The van der Waals surface area contributed by atoms with Crippen LogP contribution in [-0.4, -0.2) is 18.3 Å². The minimum atomic E-state index is -4.71. The van der Waals surface area contributed by atoms with Crippen LogP contribution in [0.25, 0.3) is 0 Å². The van der Waals surface area contributed by atoms with Gasteiger partial charge < -0.3 is 15.8 Å². The number of nitrogens with zero attached hydrogens (tertiary/aromatic N) is 2. The van der Waals surface area contributed by atoms with Gasteiger partial charge in [0.2, 0.25) is 15.8 Å². The van der Waals surface area contributed by atoms with E-state index in [1.807, 2.05) is 0 Å². The van der Waals surface area contributed by atoms with Crippen molar-refractivity contribution in [1.29, 1.82) is 0 Å². The van der Waals surface area contributed by atoms with Crippen molar-refractivity contribution in [3.8, 4) is 0 Å². The highest BCUT2D eigenvalue weighted by Gasteiger charge is 2.33. The lowest BCUT2D eigenvalue weighted by atomic mass is 10.2. The second kappa shape index (κ2) is 4.18. The number of primary sulfonamides is 1. The SMILES string of the molecule is Nc1cc(C(F)F)c(S(N)(=O)=O)c([N+](=O)[O-])n1. The van der Waals surface area contributed by atoms with Crippen LogP contribution >= 0.6 is 0 Å². The fourth-order valence-corrected chi connectivity index (χ4v) is 1.99. The van der Waals surface area contributed by atoms with Crippen LogP contribution < -0.4 is 10.9 Å². The zero-order valence-corrected chi connectivity index (χ0v) is 8.82. The van der Waals surface area contributed by atoms with Crippen LogP contribution in [0.1, 0.15) is 12.0 Å². The molecule has 11 heteroatoms. The Hall–Kier alpha value is -1.88. The van der Waals surface area contributed by atoms with E-state index in [1.165, 1.54) is 0 Å². The van der Waals surface area contributed by atoms with E-state index in [2.05, 4.69) is 10.1 Å².